The molecule has 4 atom stereocenters. The van der Waals surface area contributed by atoms with Crippen LogP contribution in [0.1, 0.15) is 24.0 Å². The highest BCUT2D eigenvalue weighted by molar-refractivity contribution is 5.88. The zero-order chi connectivity index (χ0) is 25.6. The zero-order valence-corrected chi connectivity index (χ0v) is 18.4. The average Bonchev–Trinajstić information content (AvgIpc) is 2.80. The monoisotopic (exact) mass is 484 g/mol. The molecule has 1 aliphatic rings. The Labute approximate surface area is 200 Å². The van der Waals surface area contributed by atoms with Gasteiger partial charge in [-0.25, -0.2) is 14.4 Å². The third-order valence-corrected chi connectivity index (χ3v) is 5.36. The van der Waals surface area contributed by atoms with Crippen LogP contribution in [-0.4, -0.2) is 67.4 Å². The molecule has 0 spiro atoms. The van der Waals surface area contributed by atoms with Gasteiger partial charge in [-0.15, -0.1) is 0 Å². The van der Waals surface area contributed by atoms with Crippen molar-refractivity contribution in [2.24, 2.45) is 0 Å². The molecule has 1 aliphatic carbocycles. The summed E-state index contributed by atoms with van der Waals surface area (Å²) in [6, 6.07) is 11.8. The molecule has 184 valence electrons. The van der Waals surface area contributed by atoms with Crippen molar-refractivity contribution in [2.45, 2.75) is 36.8 Å². The number of rotatable bonds is 7. The van der Waals surface area contributed by atoms with Crippen molar-refractivity contribution in [3.8, 4) is 11.5 Å². The van der Waals surface area contributed by atoms with Gasteiger partial charge >= 0.3 is 17.9 Å². The molecule has 0 aromatic heterocycles. The maximum Gasteiger partial charge on any atom is 0.335 e. The van der Waals surface area contributed by atoms with E-state index < -0.39 is 54.7 Å². The molecule has 1 fully saturated rings. The van der Waals surface area contributed by atoms with Gasteiger partial charge < -0.3 is 35.0 Å². The lowest BCUT2D eigenvalue weighted by Gasteiger charge is -2.40. The number of hydrogen-bond donors (Lipinski definition) is 5. The van der Waals surface area contributed by atoms with Crippen LogP contribution in [0, 0.1) is 0 Å². The van der Waals surface area contributed by atoms with Crippen LogP contribution in [0.3, 0.4) is 0 Å². The van der Waals surface area contributed by atoms with Crippen molar-refractivity contribution in [2.75, 3.05) is 0 Å². The largest absolute Gasteiger partial charge is 0.508 e. The van der Waals surface area contributed by atoms with E-state index in [-0.39, 0.29) is 11.5 Å². The number of benzene rings is 2. The van der Waals surface area contributed by atoms with Crippen LogP contribution in [0.5, 0.6) is 11.5 Å². The molecule has 35 heavy (non-hydrogen) atoms. The molecule has 2 aromatic carbocycles. The van der Waals surface area contributed by atoms with Gasteiger partial charge in [0.1, 0.15) is 17.6 Å². The van der Waals surface area contributed by atoms with E-state index in [2.05, 4.69) is 0 Å². The fourth-order valence-corrected chi connectivity index (χ4v) is 3.54. The van der Waals surface area contributed by atoms with Gasteiger partial charge in [-0.05, 0) is 47.5 Å². The van der Waals surface area contributed by atoms with Crippen molar-refractivity contribution in [3.63, 3.8) is 0 Å². The predicted octanol–water partition coefficient (Wildman–Crippen LogP) is 1.62. The number of carbonyl (C=O) groups is 3. The fourth-order valence-electron chi connectivity index (χ4n) is 3.54. The Kier molecular flexibility index (Phi) is 7.90. The number of carbonyl (C=O) groups excluding carboxylic acids is 2. The minimum Gasteiger partial charge on any atom is -0.508 e. The van der Waals surface area contributed by atoms with Crippen LogP contribution in [-0.2, 0) is 23.9 Å². The van der Waals surface area contributed by atoms with E-state index in [0.717, 1.165) is 12.2 Å². The lowest BCUT2D eigenvalue weighted by Crippen LogP contribution is -2.58. The van der Waals surface area contributed by atoms with Gasteiger partial charge in [0.25, 0.3) is 0 Å². The highest BCUT2D eigenvalue weighted by Gasteiger charge is 2.52. The molecule has 2 aromatic rings. The average molecular weight is 484 g/mol. The molecule has 3 rings (SSSR count). The van der Waals surface area contributed by atoms with Crippen LogP contribution in [0.2, 0.25) is 0 Å². The second kappa shape index (κ2) is 10.9. The highest BCUT2D eigenvalue weighted by Crippen LogP contribution is 2.33. The molecule has 0 heterocycles. The first-order valence-electron chi connectivity index (χ1n) is 10.5. The molecule has 5 N–H and O–H groups in total. The molecule has 10 nitrogen and oxygen atoms in total. The number of carboxylic acids is 1. The lowest BCUT2D eigenvalue weighted by atomic mass is 9.79. The van der Waals surface area contributed by atoms with Gasteiger partial charge in [-0.3, -0.25) is 0 Å². The maximum atomic E-state index is 12.4. The maximum absolute atomic E-state index is 12.4. The summed E-state index contributed by atoms with van der Waals surface area (Å²) in [5.41, 5.74) is -1.25. The summed E-state index contributed by atoms with van der Waals surface area (Å²) >= 11 is 0. The zero-order valence-electron chi connectivity index (χ0n) is 18.4. The minimum absolute atomic E-state index is 0.0398. The lowest BCUT2D eigenvalue weighted by molar-refractivity contribution is -0.204. The third-order valence-electron chi connectivity index (χ3n) is 5.36. The molecule has 0 saturated heterocycles. The number of aliphatic hydroxyl groups excluding tert-OH is 1. The van der Waals surface area contributed by atoms with Crippen LogP contribution >= 0.6 is 0 Å². The number of carboxylic acid groups (broad SMARTS) is 1. The minimum atomic E-state index is -2.39. The van der Waals surface area contributed by atoms with Gasteiger partial charge in [0.15, 0.2) is 11.7 Å². The Hall–Kier alpha value is -4.15. The van der Waals surface area contributed by atoms with Crippen molar-refractivity contribution in [1.82, 2.24) is 0 Å². The molecular weight excluding hydrogens is 460 g/mol. The number of aromatic hydroxyl groups is 2. The molecule has 0 bridgehead atoms. The molecule has 10 heteroatoms. The first kappa shape index (κ1) is 25.5. The van der Waals surface area contributed by atoms with Crippen LogP contribution < -0.4 is 0 Å². The number of aliphatic carboxylic acids is 1. The first-order valence-corrected chi connectivity index (χ1v) is 10.5. The second-order valence-corrected chi connectivity index (χ2v) is 8.04. The van der Waals surface area contributed by atoms with Gasteiger partial charge in [-0.1, -0.05) is 24.3 Å². The van der Waals surface area contributed by atoms with E-state index in [1.54, 1.807) is 12.1 Å². The van der Waals surface area contributed by atoms with E-state index in [0.29, 0.717) is 11.1 Å². The summed E-state index contributed by atoms with van der Waals surface area (Å²) < 4.78 is 10.5. The van der Waals surface area contributed by atoms with Gasteiger partial charge in [0.2, 0.25) is 0 Å². The van der Waals surface area contributed by atoms with Gasteiger partial charge in [0.05, 0.1) is 6.10 Å². The van der Waals surface area contributed by atoms with E-state index in [9.17, 15) is 39.9 Å². The third kappa shape index (κ3) is 6.92. The summed E-state index contributed by atoms with van der Waals surface area (Å²) in [4.78, 5) is 36.2. The number of phenolic OH excluding ortho intramolecular Hbond substituents is 2. The highest BCUT2D eigenvalue weighted by atomic mass is 16.6. The molecule has 0 amide bonds. The molecular formula is C25H24O10. The van der Waals surface area contributed by atoms with Gasteiger partial charge in [-0.2, -0.15) is 0 Å². The van der Waals surface area contributed by atoms with Crippen LogP contribution in [0.25, 0.3) is 12.2 Å². The van der Waals surface area contributed by atoms with E-state index in [4.69, 9.17) is 9.47 Å². The second-order valence-electron chi connectivity index (χ2n) is 8.04. The summed E-state index contributed by atoms with van der Waals surface area (Å²) in [6.07, 6.45) is -0.901. The van der Waals surface area contributed by atoms with E-state index in [1.807, 2.05) is 0 Å². The number of hydrogen-bond acceptors (Lipinski definition) is 9. The first-order chi connectivity index (χ1) is 16.6. The molecule has 0 unspecified atom stereocenters. The summed E-state index contributed by atoms with van der Waals surface area (Å²) in [7, 11) is 0. The Morgan fingerprint density at radius 3 is 1.71 bits per heavy atom. The number of aliphatic hydroxyl groups is 2. The SMILES string of the molecule is O=C(/C=C\c1ccc(O)cc1)O[C@@H]1[C@H](O)C[C@@](O)(C(=O)O)C[C@H]1OC(=O)/C=C\c1ccc(O)cc1. The Bertz CT molecular complexity index is 1120. The number of phenols is 2. The van der Waals surface area contributed by atoms with E-state index in [1.165, 1.54) is 48.6 Å². The smallest absolute Gasteiger partial charge is 0.335 e. The standard InChI is InChI=1S/C25H24O10/c26-17-7-1-15(2-8-17)5-11-21(29)34-20-14-25(33,24(31)32)13-19(28)23(20)35-22(30)12-6-16-3-9-18(27)10-4-16/h1-12,19-20,23,26-28,33H,13-14H2,(H,31,32)/b11-5-,12-6-/t19-,20-,23-,25+/m1/s1. The van der Waals surface area contributed by atoms with Crippen LogP contribution in [0.4, 0.5) is 0 Å². The molecule has 1 saturated carbocycles. The number of ether oxygens (including phenoxy) is 2. The molecule has 0 radical (unpaired) electrons. The summed E-state index contributed by atoms with van der Waals surface area (Å²) in [5.74, 6) is -3.36. The number of esters is 2. The quantitative estimate of drug-likeness (QED) is 0.287. The molecule has 0 aliphatic heterocycles. The summed E-state index contributed by atoms with van der Waals surface area (Å²) in [6.45, 7) is 0. The van der Waals surface area contributed by atoms with Gasteiger partial charge in [0, 0.05) is 25.0 Å². The van der Waals surface area contributed by atoms with E-state index >= 15 is 0 Å². The Morgan fingerprint density at radius 2 is 1.26 bits per heavy atom. The topological polar surface area (TPSA) is 171 Å². The Morgan fingerprint density at radius 1 is 0.800 bits per heavy atom. The van der Waals surface area contributed by atoms with Crippen LogP contribution in [0.15, 0.2) is 60.7 Å². The van der Waals surface area contributed by atoms with Crippen molar-refractivity contribution < 1.29 is 49.4 Å². The predicted molar refractivity (Wildman–Crippen MR) is 122 cm³/mol. The van der Waals surface area contributed by atoms with Crippen molar-refractivity contribution >= 4 is 30.1 Å². The fraction of sp³-hybridized carbons (Fsp3) is 0.240. The summed E-state index contributed by atoms with van der Waals surface area (Å²) in [5, 5.41) is 48.8. The normalized spacial score (nSPS) is 24.3. The van der Waals surface area contributed by atoms with Crippen molar-refractivity contribution in [3.05, 3.63) is 71.8 Å². The van der Waals surface area contributed by atoms with Crippen molar-refractivity contribution in [1.29, 1.82) is 0 Å². The Balaban J connectivity index is 1.73.